The maximum atomic E-state index is 12.4. The number of sulfonamides is 1. The van der Waals surface area contributed by atoms with Crippen molar-refractivity contribution in [2.24, 2.45) is 12.0 Å². The van der Waals surface area contributed by atoms with Crippen LogP contribution in [0.3, 0.4) is 0 Å². The average molecular weight is 545 g/mol. The number of guanidine groups is 1. The molecule has 2 heterocycles. The van der Waals surface area contributed by atoms with Crippen LogP contribution < -0.4 is 10.6 Å². The van der Waals surface area contributed by atoms with Gasteiger partial charge >= 0.3 is 0 Å². The van der Waals surface area contributed by atoms with Gasteiger partial charge in [0.1, 0.15) is 0 Å². The van der Waals surface area contributed by atoms with Crippen molar-refractivity contribution < 1.29 is 8.42 Å². The van der Waals surface area contributed by atoms with Crippen molar-refractivity contribution in [3.05, 3.63) is 17.0 Å². The molecule has 0 saturated carbocycles. The Hall–Kier alpha value is -0.530. The lowest BCUT2D eigenvalue weighted by Crippen LogP contribution is -2.46. The maximum Gasteiger partial charge on any atom is 0.215 e. The number of nitrogens with zero attached hydrogens (tertiary/aromatic N) is 4. The molecule has 0 bridgehead atoms. The van der Waals surface area contributed by atoms with Crippen molar-refractivity contribution in [2.75, 3.05) is 43.9 Å². The quantitative estimate of drug-likeness (QED) is 0.304. The van der Waals surface area contributed by atoms with Gasteiger partial charge in [-0.05, 0) is 32.8 Å². The summed E-state index contributed by atoms with van der Waals surface area (Å²) in [7, 11) is 0.435. The van der Waals surface area contributed by atoms with Crippen molar-refractivity contribution >= 4 is 51.7 Å². The highest BCUT2D eigenvalue weighted by Gasteiger charge is 2.23. The first-order valence-corrected chi connectivity index (χ1v) is 12.0. The first kappa shape index (κ1) is 25.5. The minimum atomic E-state index is -3.21. The molecule has 1 aliphatic heterocycles. The van der Waals surface area contributed by atoms with E-state index in [1.807, 2.05) is 18.7 Å². The fourth-order valence-electron chi connectivity index (χ4n) is 3.15. The number of aliphatic imine (C=N–C) groups is 1. The Morgan fingerprint density at radius 3 is 2.50 bits per heavy atom. The molecule has 1 aromatic heterocycles. The minimum absolute atomic E-state index is 0. The first-order valence-electron chi connectivity index (χ1n) is 9.26. The van der Waals surface area contributed by atoms with Crippen molar-refractivity contribution in [3.8, 4) is 0 Å². The third-order valence-electron chi connectivity index (χ3n) is 4.79. The summed E-state index contributed by atoms with van der Waals surface area (Å²) in [6.07, 6.45) is 0.829. The second-order valence-corrected chi connectivity index (χ2v) is 10.2. The number of aryl methyl sites for hydroxylation is 2. The number of nitrogens with one attached hydrogen (secondary N) is 2. The maximum absolute atomic E-state index is 12.4. The highest BCUT2D eigenvalue weighted by atomic mass is 127. The van der Waals surface area contributed by atoms with Crippen LogP contribution in [0.4, 0.5) is 0 Å². The lowest BCUT2D eigenvalue weighted by Gasteiger charge is -2.26. The molecular weight excluding hydrogens is 511 g/mol. The van der Waals surface area contributed by atoms with Gasteiger partial charge in [0.05, 0.1) is 11.4 Å². The van der Waals surface area contributed by atoms with Gasteiger partial charge in [-0.3, -0.25) is 9.67 Å². The number of hydrogen-bond donors (Lipinski definition) is 2. The number of aromatic nitrogens is 2. The van der Waals surface area contributed by atoms with Crippen LogP contribution in [0.5, 0.6) is 0 Å². The standard InChI is InChI=1S/C17H32N6O2S2.HI/c1-13(12-16-14(2)21-22(5)15(16)3)20-17(18-4)19-6-11-27(24,25)23-7-9-26-10-8-23;/h13H,6-12H2,1-5H3,(H2,18,19,20);1H. The lowest BCUT2D eigenvalue weighted by atomic mass is 10.1. The molecule has 1 atom stereocenters. The predicted molar refractivity (Wildman–Crippen MR) is 128 cm³/mol. The monoisotopic (exact) mass is 544 g/mol. The van der Waals surface area contributed by atoms with Crippen LogP contribution in [0.25, 0.3) is 0 Å². The average Bonchev–Trinajstić information content (AvgIpc) is 2.87. The summed E-state index contributed by atoms with van der Waals surface area (Å²) >= 11 is 1.80. The molecule has 11 heteroatoms. The van der Waals surface area contributed by atoms with Gasteiger partial charge in [-0.2, -0.15) is 16.9 Å². The second-order valence-electron chi connectivity index (χ2n) is 6.85. The molecule has 1 saturated heterocycles. The Bertz CT molecular complexity index is 760. The van der Waals surface area contributed by atoms with Crippen LogP contribution in [-0.2, 0) is 23.5 Å². The van der Waals surface area contributed by atoms with Gasteiger partial charge in [-0.25, -0.2) is 12.7 Å². The van der Waals surface area contributed by atoms with Crippen molar-refractivity contribution in [3.63, 3.8) is 0 Å². The molecule has 2 N–H and O–H groups in total. The molecule has 1 aromatic rings. The number of thioether (sulfide) groups is 1. The predicted octanol–water partition coefficient (Wildman–Crippen LogP) is 1.13. The van der Waals surface area contributed by atoms with Crippen LogP contribution in [0, 0.1) is 13.8 Å². The fourth-order valence-corrected chi connectivity index (χ4v) is 5.64. The number of hydrogen-bond acceptors (Lipinski definition) is 5. The molecule has 1 fully saturated rings. The molecule has 1 unspecified atom stereocenters. The summed E-state index contributed by atoms with van der Waals surface area (Å²) in [5.41, 5.74) is 3.44. The molecule has 0 aromatic carbocycles. The SMILES string of the molecule is CN=C(NCCS(=O)(=O)N1CCSCC1)NC(C)Cc1c(C)nn(C)c1C.I. The largest absolute Gasteiger partial charge is 0.355 e. The molecule has 0 spiro atoms. The van der Waals surface area contributed by atoms with Gasteiger partial charge in [-0.1, -0.05) is 0 Å². The van der Waals surface area contributed by atoms with Gasteiger partial charge in [-0.15, -0.1) is 24.0 Å². The van der Waals surface area contributed by atoms with Crippen molar-refractivity contribution in [2.45, 2.75) is 33.2 Å². The van der Waals surface area contributed by atoms with Crippen molar-refractivity contribution in [1.82, 2.24) is 24.7 Å². The normalized spacial score (nSPS) is 17.1. The molecule has 162 valence electrons. The summed E-state index contributed by atoms with van der Waals surface area (Å²) in [6.45, 7) is 7.73. The van der Waals surface area contributed by atoms with E-state index in [-0.39, 0.29) is 35.8 Å². The highest BCUT2D eigenvalue weighted by Crippen LogP contribution is 2.14. The molecule has 0 radical (unpaired) electrons. The van der Waals surface area contributed by atoms with E-state index in [0.29, 0.717) is 25.6 Å². The highest BCUT2D eigenvalue weighted by molar-refractivity contribution is 14.0. The van der Waals surface area contributed by atoms with E-state index >= 15 is 0 Å². The van der Waals surface area contributed by atoms with Gasteiger partial charge < -0.3 is 10.6 Å². The molecular formula is C17H33IN6O2S2. The zero-order valence-corrected chi connectivity index (χ0v) is 21.3. The van der Waals surface area contributed by atoms with Gasteiger partial charge in [0.2, 0.25) is 10.0 Å². The minimum Gasteiger partial charge on any atom is -0.355 e. The number of rotatable bonds is 7. The van der Waals surface area contributed by atoms with E-state index in [0.717, 1.165) is 29.3 Å². The number of halogens is 1. The lowest BCUT2D eigenvalue weighted by molar-refractivity contribution is 0.443. The van der Waals surface area contributed by atoms with Crippen LogP contribution in [0.2, 0.25) is 0 Å². The zero-order valence-electron chi connectivity index (χ0n) is 17.4. The molecule has 8 nitrogen and oxygen atoms in total. The van der Waals surface area contributed by atoms with Crippen LogP contribution >= 0.6 is 35.7 Å². The van der Waals surface area contributed by atoms with E-state index in [4.69, 9.17) is 0 Å². The Kier molecular flexibility index (Phi) is 10.6. The molecule has 2 rings (SSSR count). The third kappa shape index (κ3) is 7.06. The molecule has 28 heavy (non-hydrogen) atoms. The topological polar surface area (TPSA) is 91.6 Å². The summed E-state index contributed by atoms with van der Waals surface area (Å²) in [6, 6.07) is 0.147. The van der Waals surface area contributed by atoms with E-state index in [2.05, 4.69) is 34.6 Å². The van der Waals surface area contributed by atoms with Crippen LogP contribution in [-0.4, -0.2) is 78.4 Å². The van der Waals surface area contributed by atoms with Crippen LogP contribution in [0.1, 0.15) is 23.9 Å². The van der Waals surface area contributed by atoms with Gasteiger partial charge in [0, 0.05) is 57.0 Å². The Balaban J connectivity index is 0.00000392. The summed E-state index contributed by atoms with van der Waals surface area (Å²) in [5.74, 6) is 2.44. The van der Waals surface area contributed by atoms with E-state index < -0.39 is 10.0 Å². The summed E-state index contributed by atoms with van der Waals surface area (Å²) < 4.78 is 28.3. The molecule has 0 aliphatic carbocycles. The van der Waals surface area contributed by atoms with Gasteiger partial charge in [0.15, 0.2) is 5.96 Å². The smallest absolute Gasteiger partial charge is 0.215 e. The molecule has 0 amide bonds. The van der Waals surface area contributed by atoms with Crippen LogP contribution in [0.15, 0.2) is 4.99 Å². The summed E-state index contributed by atoms with van der Waals surface area (Å²) in [5, 5.41) is 10.9. The second kappa shape index (κ2) is 11.6. The molecule has 1 aliphatic rings. The summed E-state index contributed by atoms with van der Waals surface area (Å²) in [4.78, 5) is 4.21. The fraction of sp³-hybridized carbons (Fsp3) is 0.765. The Morgan fingerprint density at radius 2 is 1.96 bits per heavy atom. The van der Waals surface area contributed by atoms with Crippen molar-refractivity contribution in [1.29, 1.82) is 0 Å². The zero-order chi connectivity index (χ0) is 20.0. The van der Waals surface area contributed by atoms with Gasteiger partial charge in [0.25, 0.3) is 0 Å². The van der Waals surface area contributed by atoms with E-state index in [1.165, 1.54) is 5.56 Å². The Morgan fingerprint density at radius 1 is 1.32 bits per heavy atom. The first-order chi connectivity index (χ1) is 12.7. The third-order valence-corrected chi connectivity index (χ3v) is 7.61. The van der Waals surface area contributed by atoms with E-state index in [1.54, 1.807) is 23.1 Å². The van der Waals surface area contributed by atoms with E-state index in [9.17, 15) is 8.42 Å². The Labute approximate surface area is 190 Å².